The van der Waals surface area contributed by atoms with Crippen LogP contribution in [0.4, 0.5) is 0 Å². The largest absolute Gasteiger partial charge is 0.494 e. The third-order valence-corrected chi connectivity index (χ3v) is 3.71. The Labute approximate surface area is 141 Å². The standard InChI is InChI=1S/C18H21N3O3/c1-2-23-15-5-7-16(8-6-15)24-11-18(22)19-10-14-9-17(13-3-4-13)21-12-20-14/h5-9,12-13H,2-4,10-11H2,1H3,(H,19,22). The predicted molar refractivity (Wildman–Crippen MR) is 89.0 cm³/mol. The first-order valence-corrected chi connectivity index (χ1v) is 8.17. The van der Waals surface area contributed by atoms with Gasteiger partial charge in [0, 0.05) is 11.6 Å². The summed E-state index contributed by atoms with van der Waals surface area (Å²) in [6.45, 7) is 2.90. The number of aromatic nitrogens is 2. The van der Waals surface area contributed by atoms with Gasteiger partial charge in [0.2, 0.25) is 0 Å². The van der Waals surface area contributed by atoms with E-state index in [-0.39, 0.29) is 12.5 Å². The molecule has 1 N–H and O–H groups in total. The van der Waals surface area contributed by atoms with E-state index in [9.17, 15) is 4.79 Å². The monoisotopic (exact) mass is 327 g/mol. The molecule has 1 aliphatic carbocycles. The summed E-state index contributed by atoms with van der Waals surface area (Å²) in [6, 6.07) is 9.16. The Morgan fingerprint density at radius 3 is 2.54 bits per heavy atom. The van der Waals surface area contributed by atoms with Crippen molar-refractivity contribution in [2.24, 2.45) is 0 Å². The van der Waals surface area contributed by atoms with Crippen LogP contribution in [0.2, 0.25) is 0 Å². The summed E-state index contributed by atoms with van der Waals surface area (Å²) >= 11 is 0. The fourth-order valence-corrected chi connectivity index (χ4v) is 2.30. The predicted octanol–water partition coefficient (Wildman–Crippen LogP) is 2.45. The van der Waals surface area contributed by atoms with Gasteiger partial charge in [-0.05, 0) is 50.1 Å². The molecule has 6 heteroatoms. The van der Waals surface area contributed by atoms with Crippen molar-refractivity contribution in [3.8, 4) is 11.5 Å². The van der Waals surface area contributed by atoms with Gasteiger partial charge in [-0.25, -0.2) is 9.97 Å². The Morgan fingerprint density at radius 1 is 1.17 bits per heavy atom. The lowest BCUT2D eigenvalue weighted by Crippen LogP contribution is -2.28. The zero-order valence-electron chi connectivity index (χ0n) is 13.7. The van der Waals surface area contributed by atoms with E-state index in [2.05, 4.69) is 15.3 Å². The van der Waals surface area contributed by atoms with Crippen LogP contribution in [0.1, 0.15) is 37.1 Å². The SMILES string of the molecule is CCOc1ccc(OCC(=O)NCc2cc(C3CC3)ncn2)cc1. The molecule has 0 aliphatic heterocycles. The second-order valence-electron chi connectivity index (χ2n) is 5.68. The highest BCUT2D eigenvalue weighted by molar-refractivity contribution is 5.77. The van der Waals surface area contributed by atoms with Crippen LogP contribution in [0, 0.1) is 0 Å². The van der Waals surface area contributed by atoms with E-state index in [1.54, 1.807) is 18.5 Å². The molecule has 3 rings (SSSR count). The molecule has 6 nitrogen and oxygen atoms in total. The van der Waals surface area contributed by atoms with E-state index in [0.717, 1.165) is 17.1 Å². The molecule has 0 unspecified atom stereocenters. The van der Waals surface area contributed by atoms with E-state index in [1.807, 2.05) is 25.1 Å². The number of carbonyl (C=O) groups is 1. The van der Waals surface area contributed by atoms with Crippen LogP contribution in [0.25, 0.3) is 0 Å². The van der Waals surface area contributed by atoms with Gasteiger partial charge < -0.3 is 14.8 Å². The molecule has 1 saturated carbocycles. The number of carbonyl (C=O) groups excluding carboxylic acids is 1. The van der Waals surface area contributed by atoms with Crippen molar-refractivity contribution < 1.29 is 14.3 Å². The maximum atomic E-state index is 11.9. The quantitative estimate of drug-likeness (QED) is 0.806. The van der Waals surface area contributed by atoms with Gasteiger partial charge in [0.15, 0.2) is 6.61 Å². The minimum absolute atomic E-state index is 0.0332. The fourth-order valence-electron chi connectivity index (χ4n) is 2.30. The van der Waals surface area contributed by atoms with Gasteiger partial charge in [-0.2, -0.15) is 0 Å². The van der Waals surface area contributed by atoms with Gasteiger partial charge in [0.25, 0.3) is 5.91 Å². The molecule has 126 valence electrons. The summed E-state index contributed by atoms with van der Waals surface area (Å²) in [5.74, 6) is 1.80. The topological polar surface area (TPSA) is 73.3 Å². The minimum Gasteiger partial charge on any atom is -0.494 e. The average Bonchev–Trinajstić information content (AvgIpc) is 3.45. The summed E-state index contributed by atoms with van der Waals surface area (Å²) < 4.78 is 10.8. The maximum absolute atomic E-state index is 11.9. The zero-order chi connectivity index (χ0) is 16.8. The highest BCUT2D eigenvalue weighted by Crippen LogP contribution is 2.38. The third-order valence-electron chi connectivity index (χ3n) is 3.71. The zero-order valence-corrected chi connectivity index (χ0v) is 13.7. The van der Waals surface area contributed by atoms with Gasteiger partial charge in [-0.3, -0.25) is 4.79 Å². The molecule has 1 aromatic heterocycles. The summed E-state index contributed by atoms with van der Waals surface area (Å²) in [4.78, 5) is 20.3. The van der Waals surface area contributed by atoms with Crippen molar-refractivity contribution in [3.63, 3.8) is 0 Å². The van der Waals surface area contributed by atoms with Crippen molar-refractivity contribution in [1.82, 2.24) is 15.3 Å². The molecule has 2 aromatic rings. The van der Waals surface area contributed by atoms with Crippen LogP contribution in [0.3, 0.4) is 0 Å². The maximum Gasteiger partial charge on any atom is 0.258 e. The Bertz CT molecular complexity index is 684. The number of benzene rings is 1. The van der Waals surface area contributed by atoms with Crippen molar-refractivity contribution >= 4 is 5.91 Å². The van der Waals surface area contributed by atoms with Crippen molar-refractivity contribution in [2.45, 2.75) is 32.2 Å². The second kappa shape index (κ2) is 7.77. The number of ether oxygens (including phenoxy) is 2. The molecule has 0 bridgehead atoms. The van der Waals surface area contributed by atoms with Crippen LogP contribution in [0.5, 0.6) is 11.5 Å². The molecule has 24 heavy (non-hydrogen) atoms. The number of hydrogen-bond donors (Lipinski definition) is 1. The van der Waals surface area contributed by atoms with Gasteiger partial charge >= 0.3 is 0 Å². The Morgan fingerprint density at radius 2 is 1.88 bits per heavy atom. The van der Waals surface area contributed by atoms with Crippen molar-refractivity contribution in [1.29, 1.82) is 0 Å². The summed E-state index contributed by atoms with van der Waals surface area (Å²) in [5.41, 5.74) is 1.89. The molecule has 0 atom stereocenters. The van der Waals surface area contributed by atoms with Crippen LogP contribution in [-0.2, 0) is 11.3 Å². The Kier molecular flexibility index (Phi) is 5.25. The Balaban J connectivity index is 1.43. The number of nitrogens with one attached hydrogen (secondary N) is 1. The highest BCUT2D eigenvalue weighted by atomic mass is 16.5. The van der Waals surface area contributed by atoms with Crippen LogP contribution in [0.15, 0.2) is 36.7 Å². The molecule has 0 radical (unpaired) electrons. The van der Waals surface area contributed by atoms with Gasteiger partial charge in [-0.15, -0.1) is 0 Å². The number of nitrogens with zero attached hydrogens (tertiary/aromatic N) is 2. The molecule has 0 saturated heterocycles. The van der Waals surface area contributed by atoms with Crippen molar-refractivity contribution in [3.05, 3.63) is 48.0 Å². The molecule has 1 heterocycles. The lowest BCUT2D eigenvalue weighted by molar-refractivity contribution is -0.123. The first-order chi connectivity index (χ1) is 11.7. The van der Waals surface area contributed by atoms with E-state index < -0.39 is 0 Å². The lowest BCUT2D eigenvalue weighted by atomic mass is 10.2. The highest BCUT2D eigenvalue weighted by Gasteiger charge is 2.25. The van der Waals surface area contributed by atoms with E-state index in [0.29, 0.717) is 24.8 Å². The number of hydrogen-bond acceptors (Lipinski definition) is 5. The molecular formula is C18H21N3O3. The summed E-state index contributed by atoms with van der Waals surface area (Å²) in [7, 11) is 0. The van der Waals surface area contributed by atoms with Crippen LogP contribution < -0.4 is 14.8 Å². The van der Waals surface area contributed by atoms with Gasteiger partial charge in [0.05, 0.1) is 18.8 Å². The van der Waals surface area contributed by atoms with E-state index in [1.165, 1.54) is 12.8 Å². The Hall–Kier alpha value is -2.63. The fraction of sp³-hybridized carbons (Fsp3) is 0.389. The second-order valence-corrected chi connectivity index (χ2v) is 5.68. The van der Waals surface area contributed by atoms with E-state index >= 15 is 0 Å². The first kappa shape index (κ1) is 16.2. The van der Waals surface area contributed by atoms with E-state index in [4.69, 9.17) is 9.47 Å². The molecule has 1 amide bonds. The average molecular weight is 327 g/mol. The number of rotatable bonds is 8. The minimum atomic E-state index is -0.185. The van der Waals surface area contributed by atoms with Gasteiger partial charge in [0.1, 0.15) is 17.8 Å². The molecule has 1 aliphatic rings. The van der Waals surface area contributed by atoms with Crippen LogP contribution in [-0.4, -0.2) is 29.1 Å². The molecule has 1 aromatic carbocycles. The smallest absolute Gasteiger partial charge is 0.258 e. The summed E-state index contributed by atoms with van der Waals surface area (Å²) in [6.07, 6.45) is 3.95. The number of amides is 1. The molecule has 0 spiro atoms. The van der Waals surface area contributed by atoms with Gasteiger partial charge in [-0.1, -0.05) is 0 Å². The first-order valence-electron chi connectivity index (χ1n) is 8.17. The summed E-state index contributed by atoms with van der Waals surface area (Å²) in [5, 5.41) is 2.81. The molecule has 1 fully saturated rings. The normalized spacial score (nSPS) is 13.4. The van der Waals surface area contributed by atoms with Crippen molar-refractivity contribution in [2.75, 3.05) is 13.2 Å². The lowest BCUT2D eigenvalue weighted by Gasteiger charge is -2.08. The van der Waals surface area contributed by atoms with Crippen LogP contribution >= 0.6 is 0 Å². The third kappa shape index (κ3) is 4.68. The molecular weight excluding hydrogens is 306 g/mol.